The Kier molecular flexibility index (Phi) is 6.24. The van der Waals surface area contributed by atoms with Gasteiger partial charge in [-0.1, -0.05) is 30.1 Å². The summed E-state index contributed by atoms with van der Waals surface area (Å²) in [5.74, 6) is 1.33. The molecule has 1 aromatic carbocycles. The number of rotatable bonds is 7. The van der Waals surface area contributed by atoms with Crippen LogP contribution in [0.25, 0.3) is 6.08 Å². The van der Waals surface area contributed by atoms with Crippen LogP contribution in [0.4, 0.5) is 0 Å². The summed E-state index contributed by atoms with van der Waals surface area (Å²) in [6.07, 6.45) is 3.47. The summed E-state index contributed by atoms with van der Waals surface area (Å²) >= 11 is 6.54. The largest absolute Gasteiger partial charge is 0.494 e. The van der Waals surface area contributed by atoms with E-state index in [1.54, 1.807) is 6.08 Å². The van der Waals surface area contributed by atoms with Gasteiger partial charge in [-0.2, -0.15) is 0 Å². The maximum absolute atomic E-state index is 12.4. The maximum Gasteiger partial charge on any atom is 0.266 e. The normalized spacial score (nSPS) is 16.1. The highest BCUT2D eigenvalue weighted by Gasteiger charge is 2.31. The topological polar surface area (TPSA) is 38.8 Å². The minimum atomic E-state index is -0.101. The smallest absolute Gasteiger partial charge is 0.266 e. The number of carbonyl (C=O) groups is 1. The van der Waals surface area contributed by atoms with Crippen molar-refractivity contribution in [1.82, 2.24) is 4.90 Å². The fourth-order valence-electron chi connectivity index (χ4n) is 2.10. The average Bonchev–Trinajstić information content (AvgIpc) is 2.78. The molecule has 0 unspecified atom stereocenters. The Morgan fingerprint density at radius 3 is 2.70 bits per heavy atom. The van der Waals surface area contributed by atoms with Gasteiger partial charge in [0.05, 0.1) is 18.1 Å². The molecule has 1 saturated heterocycles. The second-order valence-electron chi connectivity index (χ2n) is 4.65. The van der Waals surface area contributed by atoms with Gasteiger partial charge in [0.15, 0.2) is 0 Å². The Morgan fingerprint density at radius 1 is 1.30 bits per heavy atom. The van der Waals surface area contributed by atoms with Crippen molar-refractivity contribution >= 4 is 40.3 Å². The molecule has 0 radical (unpaired) electrons. The number of nitrogens with zero attached hydrogens (tertiary/aromatic N) is 1. The first-order chi connectivity index (χ1) is 11.1. The van der Waals surface area contributed by atoms with E-state index >= 15 is 0 Å². The van der Waals surface area contributed by atoms with Crippen LogP contribution in [0.15, 0.2) is 35.8 Å². The van der Waals surface area contributed by atoms with Gasteiger partial charge in [-0.05, 0) is 32.1 Å². The molecule has 1 aliphatic heterocycles. The number of benzene rings is 1. The van der Waals surface area contributed by atoms with Gasteiger partial charge in [-0.15, -0.1) is 6.58 Å². The summed E-state index contributed by atoms with van der Waals surface area (Å²) in [5, 5.41) is 0. The monoisotopic (exact) mass is 349 g/mol. The first-order valence-corrected chi connectivity index (χ1v) is 8.59. The van der Waals surface area contributed by atoms with E-state index in [4.69, 9.17) is 21.7 Å². The predicted octanol–water partition coefficient (Wildman–Crippen LogP) is 3.87. The Balaban J connectivity index is 2.32. The van der Waals surface area contributed by atoms with Crippen molar-refractivity contribution in [2.75, 3.05) is 19.8 Å². The number of hydrogen-bond donors (Lipinski definition) is 0. The fraction of sp³-hybridized carbons (Fsp3) is 0.294. The first kappa shape index (κ1) is 17.6. The van der Waals surface area contributed by atoms with Crippen molar-refractivity contribution in [2.24, 2.45) is 0 Å². The molecule has 0 N–H and O–H groups in total. The van der Waals surface area contributed by atoms with Gasteiger partial charge >= 0.3 is 0 Å². The molecule has 23 heavy (non-hydrogen) atoms. The minimum Gasteiger partial charge on any atom is -0.494 e. The molecule has 1 aromatic rings. The highest BCUT2D eigenvalue weighted by Crippen LogP contribution is 2.35. The Hall–Kier alpha value is -1.79. The van der Waals surface area contributed by atoms with E-state index in [2.05, 4.69) is 6.58 Å². The van der Waals surface area contributed by atoms with E-state index < -0.39 is 0 Å². The van der Waals surface area contributed by atoms with Gasteiger partial charge in [0, 0.05) is 18.2 Å². The lowest BCUT2D eigenvalue weighted by Crippen LogP contribution is -2.27. The lowest BCUT2D eigenvalue weighted by Gasteiger charge is -2.11. The summed E-state index contributed by atoms with van der Waals surface area (Å²) in [6, 6.07) is 5.59. The second kappa shape index (κ2) is 8.17. The number of thioether (sulfide) groups is 1. The summed E-state index contributed by atoms with van der Waals surface area (Å²) in [6.45, 7) is 9.04. The van der Waals surface area contributed by atoms with Crippen molar-refractivity contribution in [3.05, 3.63) is 41.3 Å². The first-order valence-electron chi connectivity index (χ1n) is 7.36. The summed E-state index contributed by atoms with van der Waals surface area (Å²) in [7, 11) is 0. The van der Waals surface area contributed by atoms with Crippen LogP contribution in [0.1, 0.15) is 19.4 Å². The molecule has 0 aromatic heterocycles. The zero-order chi connectivity index (χ0) is 16.8. The van der Waals surface area contributed by atoms with Crippen molar-refractivity contribution < 1.29 is 14.3 Å². The maximum atomic E-state index is 12.4. The zero-order valence-electron chi connectivity index (χ0n) is 13.2. The molecule has 1 heterocycles. The van der Waals surface area contributed by atoms with Crippen LogP contribution < -0.4 is 9.47 Å². The number of amides is 1. The summed E-state index contributed by atoms with van der Waals surface area (Å²) in [4.78, 5) is 14.5. The van der Waals surface area contributed by atoms with Crippen molar-refractivity contribution in [2.45, 2.75) is 13.8 Å². The molecule has 6 heteroatoms. The number of hydrogen-bond acceptors (Lipinski definition) is 5. The number of thiocarbonyl (C=S) groups is 1. The summed E-state index contributed by atoms with van der Waals surface area (Å²) in [5.41, 5.74) is 0.828. The molecule has 2 rings (SSSR count). The van der Waals surface area contributed by atoms with E-state index in [1.807, 2.05) is 38.1 Å². The van der Waals surface area contributed by atoms with Crippen LogP contribution >= 0.6 is 24.0 Å². The van der Waals surface area contributed by atoms with E-state index in [-0.39, 0.29) is 5.91 Å². The van der Waals surface area contributed by atoms with Crippen LogP contribution in [-0.4, -0.2) is 34.9 Å². The van der Waals surface area contributed by atoms with Crippen LogP contribution in [0.2, 0.25) is 0 Å². The summed E-state index contributed by atoms with van der Waals surface area (Å²) < 4.78 is 11.7. The second-order valence-corrected chi connectivity index (χ2v) is 6.32. The van der Waals surface area contributed by atoms with Crippen LogP contribution in [0.5, 0.6) is 11.5 Å². The Labute approximate surface area is 146 Å². The molecule has 1 amide bonds. The molecule has 122 valence electrons. The Bertz CT molecular complexity index is 655. The molecule has 0 saturated carbocycles. The van der Waals surface area contributed by atoms with E-state index in [0.717, 1.165) is 11.3 Å². The van der Waals surface area contributed by atoms with E-state index in [1.165, 1.54) is 16.7 Å². The predicted molar refractivity (Wildman–Crippen MR) is 98.9 cm³/mol. The average molecular weight is 349 g/mol. The zero-order valence-corrected chi connectivity index (χ0v) is 14.8. The molecular formula is C17H19NO3S2. The third-order valence-electron chi connectivity index (χ3n) is 3.07. The van der Waals surface area contributed by atoms with E-state index in [0.29, 0.717) is 34.7 Å². The van der Waals surface area contributed by atoms with Crippen LogP contribution in [0.3, 0.4) is 0 Å². The number of carbonyl (C=O) groups excluding carboxylic acids is 1. The molecule has 0 atom stereocenters. The SMILES string of the molecule is C=CCN1C(=O)/C(=C\c2ccc(OCC)cc2OCC)SC1=S. The van der Waals surface area contributed by atoms with Gasteiger partial charge in [0.2, 0.25) is 0 Å². The quantitative estimate of drug-likeness (QED) is 0.424. The third-order valence-corrected chi connectivity index (χ3v) is 4.45. The Morgan fingerprint density at radius 2 is 2.04 bits per heavy atom. The highest BCUT2D eigenvalue weighted by atomic mass is 32.2. The van der Waals surface area contributed by atoms with Gasteiger partial charge in [-0.3, -0.25) is 9.69 Å². The standard InChI is InChI=1S/C17H19NO3S2/c1-4-9-18-16(19)15(23-17(18)22)10-12-7-8-13(20-5-2)11-14(12)21-6-3/h4,7-8,10-11H,1,5-6,9H2,2-3H3/b15-10+. The molecule has 0 bridgehead atoms. The van der Waals surface area contributed by atoms with Gasteiger partial charge < -0.3 is 9.47 Å². The van der Waals surface area contributed by atoms with Gasteiger partial charge in [0.25, 0.3) is 5.91 Å². The van der Waals surface area contributed by atoms with Crippen molar-refractivity contribution in [3.8, 4) is 11.5 Å². The third kappa shape index (κ3) is 4.14. The molecule has 4 nitrogen and oxygen atoms in total. The lowest BCUT2D eigenvalue weighted by atomic mass is 10.1. The van der Waals surface area contributed by atoms with Crippen LogP contribution in [-0.2, 0) is 4.79 Å². The van der Waals surface area contributed by atoms with Crippen LogP contribution in [0, 0.1) is 0 Å². The lowest BCUT2D eigenvalue weighted by molar-refractivity contribution is -0.121. The molecular weight excluding hydrogens is 330 g/mol. The van der Waals surface area contributed by atoms with Gasteiger partial charge in [0.1, 0.15) is 15.8 Å². The van der Waals surface area contributed by atoms with Gasteiger partial charge in [-0.25, -0.2) is 0 Å². The minimum absolute atomic E-state index is 0.101. The number of ether oxygens (including phenoxy) is 2. The fourth-order valence-corrected chi connectivity index (χ4v) is 3.36. The molecule has 1 fully saturated rings. The molecule has 1 aliphatic rings. The molecule has 0 spiro atoms. The van der Waals surface area contributed by atoms with E-state index in [9.17, 15) is 4.79 Å². The molecule has 0 aliphatic carbocycles. The van der Waals surface area contributed by atoms with Crippen molar-refractivity contribution in [3.63, 3.8) is 0 Å². The highest BCUT2D eigenvalue weighted by molar-refractivity contribution is 8.26. The van der Waals surface area contributed by atoms with Crippen molar-refractivity contribution in [1.29, 1.82) is 0 Å².